The van der Waals surface area contributed by atoms with Gasteiger partial charge in [-0.2, -0.15) is 0 Å². The molecule has 0 radical (unpaired) electrons. The Labute approximate surface area is 160 Å². The topological polar surface area (TPSA) is 32.3 Å². The van der Waals surface area contributed by atoms with E-state index in [0.717, 1.165) is 24.0 Å². The number of nitrogens with zero attached hydrogens (tertiary/aromatic N) is 1. The summed E-state index contributed by atoms with van der Waals surface area (Å²) in [5.41, 5.74) is 2.20. The lowest BCUT2D eigenvalue weighted by Gasteiger charge is -2.47. The second kappa shape index (κ2) is 7.58. The molecule has 0 aromatic heterocycles. The predicted octanol–water partition coefficient (Wildman–Crippen LogP) is 4.56. The zero-order chi connectivity index (χ0) is 17.9. The predicted molar refractivity (Wildman–Crippen MR) is 108 cm³/mol. The molecule has 2 aromatic rings. The van der Waals surface area contributed by atoms with Gasteiger partial charge in [-0.25, -0.2) is 0 Å². The van der Waals surface area contributed by atoms with Gasteiger partial charge in [-0.05, 0) is 36.2 Å². The van der Waals surface area contributed by atoms with Crippen molar-refractivity contribution >= 4 is 23.2 Å². The highest BCUT2D eigenvalue weighted by atomic mass is 32.1. The molecule has 1 N–H and O–H groups in total. The van der Waals surface area contributed by atoms with Crippen LogP contribution < -0.4 is 5.32 Å². The number of nitrogens with one attached hydrogen (secondary N) is 1. The summed E-state index contributed by atoms with van der Waals surface area (Å²) in [6.07, 6.45) is 6.04. The lowest BCUT2D eigenvalue weighted by molar-refractivity contribution is -0.124. The largest absolute Gasteiger partial charge is 0.338 e. The van der Waals surface area contributed by atoms with E-state index in [0.29, 0.717) is 11.2 Å². The minimum atomic E-state index is -0.257. The van der Waals surface area contributed by atoms with Crippen LogP contribution in [0.25, 0.3) is 0 Å². The molecule has 2 aromatic carbocycles. The van der Waals surface area contributed by atoms with Crippen molar-refractivity contribution in [3.05, 3.63) is 71.8 Å². The number of carbonyl (C=O) groups excluding carboxylic acids is 1. The second-order valence-corrected chi connectivity index (χ2v) is 7.62. The first-order valence-corrected chi connectivity index (χ1v) is 9.89. The van der Waals surface area contributed by atoms with Gasteiger partial charge in [-0.1, -0.05) is 79.9 Å². The molecule has 0 bridgehead atoms. The summed E-state index contributed by atoms with van der Waals surface area (Å²) in [6.45, 7) is 0. The van der Waals surface area contributed by atoms with Crippen LogP contribution in [0, 0.1) is 0 Å². The van der Waals surface area contributed by atoms with Gasteiger partial charge in [-0.3, -0.25) is 4.79 Å². The highest BCUT2D eigenvalue weighted by molar-refractivity contribution is 7.80. The molecular weight excluding hydrogens is 340 g/mol. The molecule has 1 heterocycles. The zero-order valence-corrected chi connectivity index (χ0v) is 15.6. The van der Waals surface area contributed by atoms with Crippen LogP contribution in [0.15, 0.2) is 60.7 Å². The van der Waals surface area contributed by atoms with Crippen LogP contribution in [-0.2, 0) is 4.79 Å². The monoisotopic (exact) mass is 364 g/mol. The van der Waals surface area contributed by atoms with Gasteiger partial charge in [0, 0.05) is 6.04 Å². The minimum absolute atomic E-state index is 0.00196. The van der Waals surface area contributed by atoms with E-state index >= 15 is 0 Å². The molecule has 3 nitrogen and oxygen atoms in total. The van der Waals surface area contributed by atoms with Crippen LogP contribution in [0.4, 0.5) is 0 Å². The average Bonchev–Trinajstić information content (AvgIpc) is 2.69. The summed E-state index contributed by atoms with van der Waals surface area (Å²) in [6, 6.07) is 20.8. The van der Waals surface area contributed by atoms with E-state index in [1.54, 1.807) is 0 Å². The Balaban J connectivity index is 1.81. The van der Waals surface area contributed by atoms with Crippen molar-refractivity contribution in [2.45, 2.75) is 50.1 Å². The highest BCUT2D eigenvalue weighted by Crippen LogP contribution is 2.42. The summed E-state index contributed by atoms with van der Waals surface area (Å²) in [7, 11) is 0. The van der Waals surface area contributed by atoms with Crippen molar-refractivity contribution in [1.29, 1.82) is 0 Å². The summed E-state index contributed by atoms with van der Waals surface area (Å²) in [5.74, 6) is -0.255. The molecule has 2 fully saturated rings. The van der Waals surface area contributed by atoms with Crippen LogP contribution in [0.1, 0.15) is 55.2 Å². The Morgan fingerprint density at radius 3 is 2.04 bits per heavy atom. The van der Waals surface area contributed by atoms with E-state index in [4.69, 9.17) is 12.2 Å². The lowest BCUT2D eigenvalue weighted by Crippen LogP contribution is -2.58. The SMILES string of the molecule is O=C1NC(=S)N(C2CCCCC2)[C@H](c2ccccc2)[C@H]1c1ccccc1. The molecule has 1 aliphatic carbocycles. The summed E-state index contributed by atoms with van der Waals surface area (Å²) < 4.78 is 0. The van der Waals surface area contributed by atoms with E-state index in [9.17, 15) is 4.79 Å². The number of carbonyl (C=O) groups is 1. The first-order chi connectivity index (χ1) is 12.8. The van der Waals surface area contributed by atoms with Gasteiger partial charge < -0.3 is 10.2 Å². The molecule has 2 atom stereocenters. The maximum atomic E-state index is 13.0. The third kappa shape index (κ3) is 3.26. The molecule has 0 spiro atoms. The third-order valence-electron chi connectivity index (χ3n) is 5.63. The molecule has 134 valence electrons. The smallest absolute Gasteiger partial charge is 0.236 e. The number of hydrogen-bond acceptors (Lipinski definition) is 2. The summed E-state index contributed by atoms with van der Waals surface area (Å²) in [4.78, 5) is 15.3. The van der Waals surface area contributed by atoms with E-state index in [-0.39, 0.29) is 17.9 Å². The van der Waals surface area contributed by atoms with E-state index in [2.05, 4.69) is 22.3 Å². The first-order valence-electron chi connectivity index (χ1n) is 9.49. The van der Waals surface area contributed by atoms with E-state index < -0.39 is 0 Å². The van der Waals surface area contributed by atoms with Gasteiger partial charge in [-0.15, -0.1) is 0 Å². The zero-order valence-electron chi connectivity index (χ0n) is 14.8. The first kappa shape index (κ1) is 17.2. The molecule has 2 aliphatic rings. The Bertz CT molecular complexity index is 771. The second-order valence-electron chi connectivity index (χ2n) is 7.24. The Morgan fingerprint density at radius 2 is 1.42 bits per heavy atom. The van der Waals surface area contributed by atoms with Gasteiger partial charge in [0.05, 0.1) is 12.0 Å². The fourth-order valence-corrected chi connectivity index (χ4v) is 4.79. The minimum Gasteiger partial charge on any atom is -0.338 e. The van der Waals surface area contributed by atoms with Crippen LogP contribution in [0.3, 0.4) is 0 Å². The van der Waals surface area contributed by atoms with Gasteiger partial charge in [0.15, 0.2) is 5.11 Å². The Morgan fingerprint density at radius 1 is 0.846 bits per heavy atom. The highest BCUT2D eigenvalue weighted by Gasteiger charge is 2.44. The fourth-order valence-electron chi connectivity index (χ4n) is 4.43. The Hall–Kier alpha value is -2.20. The summed E-state index contributed by atoms with van der Waals surface area (Å²) in [5, 5.41) is 3.58. The van der Waals surface area contributed by atoms with Crippen molar-refractivity contribution in [2.75, 3.05) is 0 Å². The van der Waals surface area contributed by atoms with Crippen molar-refractivity contribution in [3.8, 4) is 0 Å². The number of benzene rings is 2. The van der Waals surface area contributed by atoms with Crippen molar-refractivity contribution < 1.29 is 4.79 Å². The third-order valence-corrected chi connectivity index (χ3v) is 5.94. The molecule has 4 rings (SSSR count). The van der Waals surface area contributed by atoms with Crippen molar-refractivity contribution in [1.82, 2.24) is 10.2 Å². The maximum Gasteiger partial charge on any atom is 0.236 e. The quantitative estimate of drug-likeness (QED) is 0.810. The Kier molecular flexibility index (Phi) is 5.02. The van der Waals surface area contributed by atoms with E-state index in [1.807, 2.05) is 48.5 Å². The standard InChI is InChI=1S/C22H24N2OS/c25-21-19(16-10-4-1-5-11-16)20(17-12-6-2-7-13-17)24(22(26)23-21)18-14-8-3-9-15-18/h1-2,4-7,10-13,18-20H,3,8-9,14-15H2,(H,23,25,26)/t19-,20-/m1/s1. The normalized spacial score (nSPS) is 24.4. The molecule has 1 aliphatic heterocycles. The molecule has 1 saturated heterocycles. The van der Waals surface area contributed by atoms with Gasteiger partial charge in [0.1, 0.15) is 0 Å². The van der Waals surface area contributed by atoms with Crippen molar-refractivity contribution in [3.63, 3.8) is 0 Å². The molecular formula is C22H24N2OS. The number of rotatable bonds is 3. The number of amides is 1. The average molecular weight is 365 g/mol. The van der Waals surface area contributed by atoms with Crippen LogP contribution in [0.2, 0.25) is 0 Å². The van der Waals surface area contributed by atoms with Gasteiger partial charge in [0.2, 0.25) is 5.91 Å². The van der Waals surface area contributed by atoms with Crippen molar-refractivity contribution in [2.24, 2.45) is 0 Å². The molecule has 0 unspecified atom stereocenters. The maximum absolute atomic E-state index is 13.0. The van der Waals surface area contributed by atoms with Gasteiger partial charge >= 0.3 is 0 Å². The molecule has 1 amide bonds. The van der Waals surface area contributed by atoms with Gasteiger partial charge in [0.25, 0.3) is 0 Å². The van der Waals surface area contributed by atoms with Crippen LogP contribution >= 0.6 is 12.2 Å². The molecule has 26 heavy (non-hydrogen) atoms. The lowest BCUT2D eigenvalue weighted by atomic mass is 9.81. The van der Waals surface area contributed by atoms with Crippen LogP contribution in [0.5, 0.6) is 0 Å². The summed E-state index contributed by atoms with van der Waals surface area (Å²) >= 11 is 5.66. The number of hydrogen-bond donors (Lipinski definition) is 1. The van der Waals surface area contributed by atoms with E-state index in [1.165, 1.54) is 19.3 Å². The number of thiocarbonyl (C=S) groups is 1. The molecule has 1 saturated carbocycles. The molecule has 4 heteroatoms. The fraction of sp³-hybridized carbons (Fsp3) is 0.364. The van der Waals surface area contributed by atoms with Crippen LogP contribution in [-0.4, -0.2) is 22.0 Å².